The maximum Gasteiger partial charge on any atom is 0.349 e. The smallest absolute Gasteiger partial charge is 0.349 e. The molecule has 2 aromatic rings. The minimum atomic E-state index is -0.474. The van der Waals surface area contributed by atoms with Crippen LogP contribution in [0.2, 0.25) is 5.02 Å². The van der Waals surface area contributed by atoms with Crippen LogP contribution in [0.5, 0.6) is 0 Å². The van der Waals surface area contributed by atoms with Gasteiger partial charge in [0.15, 0.2) is 6.61 Å². The van der Waals surface area contributed by atoms with Crippen LogP contribution in [-0.2, 0) is 9.53 Å². The Bertz CT molecular complexity index is 684. The fourth-order valence-electron chi connectivity index (χ4n) is 1.92. The van der Waals surface area contributed by atoms with E-state index in [-0.39, 0.29) is 18.6 Å². The van der Waals surface area contributed by atoms with E-state index in [0.29, 0.717) is 9.90 Å². The van der Waals surface area contributed by atoms with Crippen molar-refractivity contribution < 1.29 is 14.3 Å². The molecule has 1 atom stereocenters. The van der Waals surface area contributed by atoms with Crippen molar-refractivity contribution >= 4 is 34.8 Å². The van der Waals surface area contributed by atoms with Gasteiger partial charge in [0.1, 0.15) is 4.88 Å². The number of ether oxygens (including phenoxy) is 1. The van der Waals surface area contributed by atoms with Crippen molar-refractivity contribution in [3.8, 4) is 0 Å². The molecule has 0 saturated heterocycles. The van der Waals surface area contributed by atoms with E-state index in [1.165, 1.54) is 11.3 Å². The summed E-state index contributed by atoms with van der Waals surface area (Å²) in [6.45, 7) is 3.37. The molecule has 0 saturated carbocycles. The second-order valence-electron chi connectivity index (χ2n) is 4.85. The van der Waals surface area contributed by atoms with E-state index in [2.05, 4.69) is 5.32 Å². The van der Waals surface area contributed by atoms with Gasteiger partial charge in [0.25, 0.3) is 5.91 Å². The highest BCUT2D eigenvalue weighted by Gasteiger charge is 2.15. The maximum atomic E-state index is 11.9. The van der Waals surface area contributed by atoms with E-state index >= 15 is 0 Å². The molecule has 0 spiro atoms. The van der Waals surface area contributed by atoms with Crippen LogP contribution in [0, 0.1) is 6.92 Å². The minimum absolute atomic E-state index is 0.214. The Morgan fingerprint density at radius 2 is 2.14 bits per heavy atom. The van der Waals surface area contributed by atoms with Crippen molar-refractivity contribution in [1.82, 2.24) is 5.32 Å². The number of aryl methyl sites for hydroxylation is 1. The lowest BCUT2D eigenvalue weighted by molar-refractivity contribution is -0.124. The maximum absolute atomic E-state index is 11.9. The molecular weight excluding hydrogens is 322 g/mol. The van der Waals surface area contributed by atoms with Crippen LogP contribution in [-0.4, -0.2) is 18.5 Å². The predicted octanol–water partition coefficient (Wildman–Crippen LogP) is 3.74. The van der Waals surface area contributed by atoms with Gasteiger partial charge >= 0.3 is 5.97 Å². The second kappa shape index (κ2) is 7.42. The van der Waals surface area contributed by atoms with Crippen molar-refractivity contribution in [1.29, 1.82) is 0 Å². The Labute approximate surface area is 138 Å². The first-order chi connectivity index (χ1) is 10.5. The lowest BCUT2D eigenvalue weighted by Gasteiger charge is -2.14. The van der Waals surface area contributed by atoms with Crippen molar-refractivity contribution in [2.24, 2.45) is 0 Å². The van der Waals surface area contributed by atoms with Crippen molar-refractivity contribution in [3.63, 3.8) is 0 Å². The first-order valence-electron chi connectivity index (χ1n) is 6.73. The normalized spacial score (nSPS) is 11.8. The molecule has 0 fully saturated rings. The van der Waals surface area contributed by atoms with Gasteiger partial charge in [-0.05, 0) is 48.6 Å². The van der Waals surface area contributed by atoms with Gasteiger partial charge in [0.05, 0.1) is 6.04 Å². The Kier molecular flexibility index (Phi) is 5.57. The van der Waals surface area contributed by atoms with Gasteiger partial charge in [-0.15, -0.1) is 11.3 Å². The van der Waals surface area contributed by atoms with Crippen molar-refractivity contribution in [3.05, 3.63) is 56.7 Å². The molecule has 1 aromatic carbocycles. The molecule has 0 aliphatic rings. The van der Waals surface area contributed by atoms with Gasteiger partial charge in [-0.25, -0.2) is 4.79 Å². The summed E-state index contributed by atoms with van der Waals surface area (Å²) in [4.78, 5) is 24.2. The van der Waals surface area contributed by atoms with Crippen LogP contribution in [0.4, 0.5) is 0 Å². The number of esters is 1. The zero-order valence-corrected chi connectivity index (χ0v) is 13.8. The van der Waals surface area contributed by atoms with Crippen LogP contribution in [0.25, 0.3) is 0 Å². The largest absolute Gasteiger partial charge is 0.451 e. The number of benzene rings is 1. The molecular formula is C16H16ClNO3S. The van der Waals surface area contributed by atoms with E-state index in [0.717, 1.165) is 11.1 Å². The zero-order valence-electron chi connectivity index (χ0n) is 12.3. The number of hydrogen-bond donors (Lipinski definition) is 1. The highest BCUT2D eigenvalue weighted by atomic mass is 35.5. The number of thiophene rings is 1. The first-order valence-corrected chi connectivity index (χ1v) is 7.99. The number of carbonyl (C=O) groups is 2. The van der Waals surface area contributed by atoms with Crippen LogP contribution in [0.3, 0.4) is 0 Å². The summed E-state index contributed by atoms with van der Waals surface area (Å²) in [5.41, 5.74) is 1.74. The fourth-order valence-corrected chi connectivity index (χ4v) is 2.94. The van der Waals surface area contributed by atoms with E-state index < -0.39 is 5.97 Å². The third kappa shape index (κ3) is 4.32. The molecule has 1 heterocycles. The molecule has 0 aliphatic heterocycles. The monoisotopic (exact) mass is 337 g/mol. The van der Waals surface area contributed by atoms with E-state index in [1.54, 1.807) is 12.1 Å². The van der Waals surface area contributed by atoms with Gasteiger partial charge < -0.3 is 10.1 Å². The topological polar surface area (TPSA) is 55.4 Å². The second-order valence-corrected chi connectivity index (χ2v) is 6.21. The van der Waals surface area contributed by atoms with Crippen molar-refractivity contribution in [2.45, 2.75) is 19.9 Å². The van der Waals surface area contributed by atoms with Gasteiger partial charge in [0.2, 0.25) is 0 Å². The Morgan fingerprint density at radius 1 is 1.36 bits per heavy atom. The molecule has 6 heteroatoms. The first kappa shape index (κ1) is 16.5. The molecule has 22 heavy (non-hydrogen) atoms. The highest BCUT2D eigenvalue weighted by molar-refractivity contribution is 7.12. The minimum Gasteiger partial charge on any atom is -0.451 e. The standard InChI is InChI=1S/C16H16ClNO3S/c1-10-6-7-22-15(10)16(20)21-9-14(19)18-11(2)12-4-3-5-13(17)8-12/h3-8,11H,9H2,1-2H3,(H,18,19)/t11-/m1/s1. The van der Waals surface area contributed by atoms with E-state index in [9.17, 15) is 9.59 Å². The van der Waals surface area contributed by atoms with Gasteiger partial charge in [0, 0.05) is 5.02 Å². The summed E-state index contributed by atoms with van der Waals surface area (Å²) in [6, 6.07) is 8.87. The van der Waals surface area contributed by atoms with Crippen LogP contribution < -0.4 is 5.32 Å². The molecule has 2 rings (SSSR count). The third-order valence-electron chi connectivity index (χ3n) is 3.11. The molecule has 1 N–H and O–H groups in total. The summed E-state index contributed by atoms with van der Waals surface area (Å²) in [7, 11) is 0. The van der Waals surface area contributed by atoms with Crippen LogP contribution in [0.15, 0.2) is 35.7 Å². The number of rotatable bonds is 5. The summed E-state index contributed by atoms with van der Waals surface area (Å²) < 4.78 is 5.02. The highest BCUT2D eigenvalue weighted by Crippen LogP contribution is 2.18. The van der Waals surface area contributed by atoms with E-state index in [4.69, 9.17) is 16.3 Å². The number of nitrogens with one attached hydrogen (secondary N) is 1. The molecule has 1 aromatic heterocycles. The Hall–Kier alpha value is -1.85. The number of hydrogen-bond acceptors (Lipinski definition) is 4. The quantitative estimate of drug-likeness (QED) is 0.845. The van der Waals surface area contributed by atoms with Gasteiger partial charge in [-0.2, -0.15) is 0 Å². The van der Waals surface area contributed by atoms with Crippen molar-refractivity contribution in [2.75, 3.05) is 6.61 Å². The molecule has 1 amide bonds. The Morgan fingerprint density at radius 3 is 2.77 bits per heavy atom. The summed E-state index contributed by atoms with van der Waals surface area (Å²) in [6.07, 6.45) is 0. The third-order valence-corrected chi connectivity index (χ3v) is 4.34. The molecule has 0 bridgehead atoms. The fraction of sp³-hybridized carbons (Fsp3) is 0.250. The molecule has 0 radical (unpaired) electrons. The lowest BCUT2D eigenvalue weighted by Crippen LogP contribution is -2.31. The summed E-state index contributed by atoms with van der Waals surface area (Å²) in [5, 5.41) is 5.19. The SMILES string of the molecule is Cc1ccsc1C(=O)OCC(=O)N[C@H](C)c1cccc(Cl)c1. The molecule has 0 aliphatic carbocycles. The molecule has 0 unspecified atom stereocenters. The van der Waals surface area contributed by atoms with Gasteiger partial charge in [-0.1, -0.05) is 23.7 Å². The van der Waals surface area contributed by atoms with Gasteiger partial charge in [-0.3, -0.25) is 4.79 Å². The van der Waals surface area contributed by atoms with Crippen LogP contribution in [0.1, 0.15) is 33.8 Å². The Balaban J connectivity index is 1.85. The number of amides is 1. The average Bonchev–Trinajstić information content (AvgIpc) is 2.91. The average molecular weight is 338 g/mol. The number of carbonyl (C=O) groups excluding carboxylic acids is 2. The summed E-state index contributed by atoms with van der Waals surface area (Å²) in [5.74, 6) is -0.826. The van der Waals surface area contributed by atoms with E-state index in [1.807, 2.05) is 37.4 Å². The predicted molar refractivity (Wildman–Crippen MR) is 87.3 cm³/mol. The summed E-state index contributed by atoms with van der Waals surface area (Å²) >= 11 is 7.22. The molecule has 4 nitrogen and oxygen atoms in total. The number of halogens is 1. The molecule has 116 valence electrons. The zero-order chi connectivity index (χ0) is 16.1. The lowest BCUT2D eigenvalue weighted by atomic mass is 10.1. The van der Waals surface area contributed by atoms with Crippen LogP contribution >= 0.6 is 22.9 Å².